The molecule has 0 aliphatic carbocycles. The summed E-state index contributed by atoms with van der Waals surface area (Å²) < 4.78 is 34.4. The lowest BCUT2D eigenvalue weighted by Crippen LogP contribution is -2.37. The number of allylic oxidation sites excluding steroid dienone is 18. The summed E-state index contributed by atoms with van der Waals surface area (Å²) in [5, 5.41) is 0. The van der Waals surface area contributed by atoms with Crippen molar-refractivity contribution in [2.24, 2.45) is 0 Å². The molecule has 0 aromatic carbocycles. The Morgan fingerprint density at radius 2 is 0.633 bits per heavy atom. The first-order valence-corrected chi connectivity index (χ1v) is 39.1. The molecule has 90 heavy (non-hydrogen) atoms. The molecule has 0 aromatic heterocycles. The molecule has 10 heteroatoms. The van der Waals surface area contributed by atoms with Gasteiger partial charge in [0, 0.05) is 12.8 Å². The highest BCUT2D eigenvalue weighted by molar-refractivity contribution is 7.45. The van der Waals surface area contributed by atoms with Gasteiger partial charge in [0.05, 0.1) is 27.7 Å². The van der Waals surface area contributed by atoms with Crippen LogP contribution in [0.4, 0.5) is 0 Å². The van der Waals surface area contributed by atoms with Crippen molar-refractivity contribution in [2.45, 2.75) is 341 Å². The van der Waals surface area contributed by atoms with E-state index in [1.807, 2.05) is 21.1 Å². The molecule has 0 bridgehead atoms. The Bertz CT molecular complexity index is 1890. The van der Waals surface area contributed by atoms with Gasteiger partial charge in [0.2, 0.25) is 0 Å². The number of carbonyl (C=O) groups excluding carboxylic acids is 2. The highest BCUT2D eigenvalue weighted by Gasteiger charge is 2.22. The molecular weight excluding hydrogens is 1130 g/mol. The van der Waals surface area contributed by atoms with E-state index in [1.54, 1.807) is 0 Å². The van der Waals surface area contributed by atoms with Crippen molar-refractivity contribution in [3.8, 4) is 0 Å². The Labute approximate surface area is 556 Å². The number of nitrogens with zero attached hydrogens (tertiary/aromatic N) is 1. The number of phosphoric acid groups is 1. The summed E-state index contributed by atoms with van der Waals surface area (Å²) in [6.45, 7) is 4.14. The van der Waals surface area contributed by atoms with E-state index in [0.717, 1.165) is 96.3 Å². The molecule has 2 atom stereocenters. The van der Waals surface area contributed by atoms with Crippen LogP contribution in [-0.4, -0.2) is 70.0 Å². The van der Waals surface area contributed by atoms with Crippen molar-refractivity contribution < 1.29 is 42.1 Å². The van der Waals surface area contributed by atoms with Gasteiger partial charge in [-0.2, -0.15) is 0 Å². The van der Waals surface area contributed by atoms with Crippen LogP contribution in [0.15, 0.2) is 109 Å². The van der Waals surface area contributed by atoms with Crippen LogP contribution in [0.25, 0.3) is 0 Å². The maximum Gasteiger partial charge on any atom is 0.306 e. The maximum atomic E-state index is 12.9. The van der Waals surface area contributed by atoms with Gasteiger partial charge in [-0.15, -0.1) is 0 Å². The summed E-state index contributed by atoms with van der Waals surface area (Å²) in [7, 11) is 1.16. The van der Waals surface area contributed by atoms with E-state index in [4.69, 9.17) is 18.5 Å². The Hall–Kier alpha value is -3.33. The Morgan fingerprint density at radius 1 is 0.356 bits per heavy atom. The minimum absolute atomic E-state index is 0.0347. The number of rotatable bonds is 69. The second-order valence-corrected chi connectivity index (χ2v) is 27.7. The second-order valence-electron chi connectivity index (χ2n) is 26.3. The molecular formula is C80H142NO8P. The van der Waals surface area contributed by atoms with E-state index >= 15 is 0 Å². The number of likely N-dealkylation sites (N-methyl/N-ethyl adjacent to an activating group) is 1. The largest absolute Gasteiger partial charge is 0.756 e. The van der Waals surface area contributed by atoms with Crippen molar-refractivity contribution in [1.29, 1.82) is 0 Å². The van der Waals surface area contributed by atoms with E-state index in [9.17, 15) is 19.0 Å². The fourth-order valence-electron chi connectivity index (χ4n) is 10.6. The molecule has 0 aliphatic rings. The maximum absolute atomic E-state index is 12.9. The van der Waals surface area contributed by atoms with Crippen LogP contribution in [0.1, 0.15) is 335 Å². The van der Waals surface area contributed by atoms with E-state index in [-0.39, 0.29) is 32.0 Å². The topological polar surface area (TPSA) is 111 Å². The summed E-state index contributed by atoms with van der Waals surface area (Å²) in [5.41, 5.74) is 0. The number of esters is 2. The van der Waals surface area contributed by atoms with Gasteiger partial charge >= 0.3 is 11.9 Å². The fourth-order valence-corrected chi connectivity index (χ4v) is 11.3. The third-order valence-corrected chi connectivity index (χ3v) is 17.2. The summed E-state index contributed by atoms with van der Waals surface area (Å²) in [5.74, 6) is -0.830. The van der Waals surface area contributed by atoms with E-state index < -0.39 is 26.5 Å². The molecule has 520 valence electrons. The summed E-state index contributed by atoms with van der Waals surface area (Å²) in [6.07, 6.45) is 99.0. The molecule has 0 fully saturated rings. The van der Waals surface area contributed by atoms with Crippen LogP contribution in [0.2, 0.25) is 0 Å². The van der Waals surface area contributed by atoms with Gasteiger partial charge in [-0.1, -0.05) is 329 Å². The minimum atomic E-state index is -4.65. The lowest BCUT2D eigenvalue weighted by atomic mass is 10.0. The first kappa shape index (κ1) is 86.7. The first-order chi connectivity index (χ1) is 44.0. The zero-order valence-corrected chi connectivity index (χ0v) is 60.2. The number of phosphoric ester groups is 1. The molecule has 0 heterocycles. The van der Waals surface area contributed by atoms with Gasteiger partial charge in [0.15, 0.2) is 6.10 Å². The lowest BCUT2D eigenvalue weighted by Gasteiger charge is -2.28. The van der Waals surface area contributed by atoms with Gasteiger partial charge in [0.1, 0.15) is 19.8 Å². The number of hydrogen-bond acceptors (Lipinski definition) is 8. The highest BCUT2D eigenvalue weighted by Crippen LogP contribution is 2.38. The van der Waals surface area contributed by atoms with Gasteiger partial charge in [-0.25, -0.2) is 0 Å². The zero-order valence-electron chi connectivity index (χ0n) is 59.3. The molecule has 0 aromatic rings. The smallest absolute Gasteiger partial charge is 0.306 e. The van der Waals surface area contributed by atoms with E-state index in [2.05, 4.69) is 123 Å². The number of quaternary nitrogens is 1. The lowest BCUT2D eigenvalue weighted by molar-refractivity contribution is -0.870. The predicted molar refractivity (Wildman–Crippen MR) is 388 cm³/mol. The van der Waals surface area contributed by atoms with Crippen LogP contribution >= 0.6 is 7.82 Å². The molecule has 2 unspecified atom stereocenters. The summed E-state index contributed by atoms with van der Waals surface area (Å²) in [4.78, 5) is 38.1. The Morgan fingerprint density at radius 3 is 0.944 bits per heavy atom. The van der Waals surface area contributed by atoms with Crippen LogP contribution in [0.5, 0.6) is 0 Å². The monoisotopic (exact) mass is 1280 g/mol. The minimum Gasteiger partial charge on any atom is -0.756 e. The van der Waals surface area contributed by atoms with Crippen molar-refractivity contribution in [3.05, 3.63) is 109 Å². The summed E-state index contributed by atoms with van der Waals surface area (Å²) in [6, 6.07) is 0. The first-order valence-electron chi connectivity index (χ1n) is 37.6. The van der Waals surface area contributed by atoms with Crippen LogP contribution in [0, 0.1) is 0 Å². The molecule has 0 N–H and O–H groups in total. The molecule has 0 aliphatic heterocycles. The highest BCUT2D eigenvalue weighted by atomic mass is 31.2. The Balaban J connectivity index is 3.99. The standard InChI is InChI=1S/C80H142NO8P/c1-6-8-10-12-14-16-18-20-22-24-26-28-30-32-34-36-37-38-39-40-41-42-43-45-46-48-50-52-54-56-58-60-62-64-66-68-70-72-79(82)86-76-78(77-88-90(84,85)87-75-74-81(3,4)5)89-80(83)73-71-69-67-65-63-61-59-57-55-53-51-49-47-44-35-33-31-29-27-25-23-21-19-17-15-13-11-9-7-2/h9,11,15,17-18,20-21,23-24,26-27,29-30,32-33,35,47,49,78H,6-8,10,12-14,16,19,22,25,28,31,34,36-46,48,50-77H2,1-5H3/b11-9-,17-15-,20-18-,23-21-,26-24-,29-27-,32-30-,35-33-,49-47-. The average Bonchev–Trinajstić information content (AvgIpc) is 3.58. The van der Waals surface area contributed by atoms with Crippen molar-refractivity contribution in [3.63, 3.8) is 0 Å². The number of ether oxygens (including phenoxy) is 2. The predicted octanol–water partition coefficient (Wildman–Crippen LogP) is 24.2. The van der Waals surface area contributed by atoms with E-state index in [0.29, 0.717) is 17.4 Å². The molecule has 0 rings (SSSR count). The summed E-state index contributed by atoms with van der Waals surface area (Å²) >= 11 is 0. The fraction of sp³-hybridized carbons (Fsp3) is 0.750. The van der Waals surface area contributed by atoms with Crippen LogP contribution < -0.4 is 4.89 Å². The average molecular weight is 1280 g/mol. The van der Waals surface area contributed by atoms with Crippen LogP contribution in [-0.2, 0) is 32.7 Å². The van der Waals surface area contributed by atoms with E-state index in [1.165, 1.54) is 205 Å². The zero-order chi connectivity index (χ0) is 65.5. The molecule has 0 saturated heterocycles. The number of hydrogen-bond donors (Lipinski definition) is 0. The third kappa shape index (κ3) is 73.7. The molecule has 0 spiro atoms. The number of unbranched alkanes of at least 4 members (excludes halogenated alkanes) is 37. The Kier molecular flexibility index (Phi) is 67.4. The van der Waals surface area contributed by atoms with Gasteiger partial charge < -0.3 is 27.9 Å². The van der Waals surface area contributed by atoms with Gasteiger partial charge in [-0.3, -0.25) is 14.2 Å². The molecule has 9 nitrogen and oxygen atoms in total. The second kappa shape index (κ2) is 70.0. The molecule has 0 radical (unpaired) electrons. The van der Waals surface area contributed by atoms with Gasteiger partial charge in [-0.05, 0) is 103 Å². The normalized spacial score (nSPS) is 13.7. The quantitative estimate of drug-likeness (QED) is 0.0195. The molecule has 0 saturated carbocycles. The van der Waals surface area contributed by atoms with Crippen molar-refractivity contribution in [2.75, 3.05) is 47.5 Å². The van der Waals surface area contributed by atoms with Gasteiger partial charge in [0.25, 0.3) is 7.82 Å². The third-order valence-electron chi connectivity index (χ3n) is 16.3. The molecule has 0 amide bonds. The number of carbonyl (C=O) groups is 2. The van der Waals surface area contributed by atoms with Crippen molar-refractivity contribution >= 4 is 19.8 Å². The van der Waals surface area contributed by atoms with Crippen LogP contribution in [0.3, 0.4) is 0 Å². The van der Waals surface area contributed by atoms with Crippen molar-refractivity contribution in [1.82, 2.24) is 0 Å². The SMILES string of the molecule is CC/C=C\C/C=C\C/C=C\C/C=C\C/C=C\C/C=C\CCCCCCCCCCCCC(=O)OC(COC(=O)CCCCCCCCCCCCCCCCCCCCCCCC/C=C\C/C=C\C/C=C\CCCCCCC)COP(=O)([O-])OCC[N+](C)(C)C.